The summed E-state index contributed by atoms with van der Waals surface area (Å²) in [4.78, 5) is 12.5. The van der Waals surface area contributed by atoms with Gasteiger partial charge in [0.2, 0.25) is 0 Å². The van der Waals surface area contributed by atoms with Crippen LogP contribution in [0.3, 0.4) is 0 Å². The molecular weight excluding hydrogens is 316 g/mol. The van der Waals surface area contributed by atoms with Crippen molar-refractivity contribution in [3.05, 3.63) is 22.3 Å². The van der Waals surface area contributed by atoms with Crippen molar-refractivity contribution in [2.24, 2.45) is 11.3 Å². The fourth-order valence-corrected chi connectivity index (χ4v) is 5.68. The number of carbonyl (C=O) groups excluding carboxylic acids is 1. The van der Waals surface area contributed by atoms with Gasteiger partial charge in [-0.15, -0.1) is 0 Å². The van der Waals surface area contributed by atoms with Crippen molar-refractivity contribution in [2.75, 3.05) is 14.2 Å². The monoisotopic (exact) mass is 348 g/mol. The Kier molecular flexibility index (Phi) is 4.89. The lowest BCUT2D eigenvalue weighted by atomic mass is 9.57. The molecule has 1 N–H and O–H groups in total. The second kappa shape index (κ2) is 6.55. The summed E-state index contributed by atoms with van der Waals surface area (Å²) in [7, 11) is 3.07. The van der Waals surface area contributed by atoms with E-state index >= 15 is 0 Å². The van der Waals surface area contributed by atoms with E-state index in [4.69, 9.17) is 9.47 Å². The Bertz CT molecular complexity index is 628. The van der Waals surface area contributed by atoms with Crippen molar-refractivity contribution in [1.29, 1.82) is 0 Å². The van der Waals surface area contributed by atoms with E-state index < -0.39 is 11.6 Å². The summed E-state index contributed by atoms with van der Waals surface area (Å²) in [6.07, 6.45) is 5.95. The van der Waals surface area contributed by atoms with Crippen molar-refractivity contribution in [2.45, 2.75) is 77.4 Å². The molecule has 3 atom stereocenters. The lowest BCUT2D eigenvalue weighted by Gasteiger charge is -2.50. The van der Waals surface area contributed by atoms with E-state index in [1.165, 1.54) is 18.3 Å². The molecule has 140 valence electrons. The van der Waals surface area contributed by atoms with Crippen LogP contribution in [0.5, 0.6) is 0 Å². The molecule has 1 unspecified atom stereocenters. The van der Waals surface area contributed by atoms with Gasteiger partial charge in [-0.05, 0) is 63.2 Å². The topological polar surface area (TPSA) is 55.8 Å². The number of ether oxygens (including phenoxy) is 2. The van der Waals surface area contributed by atoms with E-state index in [9.17, 15) is 9.90 Å². The zero-order chi connectivity index (χ0) is 18.4. The molecule has 0 aromatic rings. The highest BCUT2D eigenvalue weighted by molar-refractivity contribution is 5.84. The summed E-state index contributed by atoms with van der Waals surface area (Å²) >= 11 is 0. The highest BCUT2D eigenvalue weighted by Gasteiger charge is 2.53. The normalized spacial score (nSPS) is 35.0. The molecule has 0 spiro atoms. The largest absolute Gasteiger partial charge is 0.467 e. The smallest absolute Gasteiger partial charge is 0.342 e. The number of aliphatic hydroxyl groups is 1. The Morgan fingerprint density at radius 1 is 1.16 bits per heavy atom. The van der Waals surface area contributed by atoms with Gasteiger partial charge in [-0.25, -0.2) is 4.79 Å². The van der Waals surface area contributed by atoms with Crippen LogP contribution in [-0.4, -0.2) is 37.0 Å². The first kappa shape index (κ1) is 18.7. The van der Waals surface area contributed by atoms with Crippen LogP contribution in [0.2, 0.25) is 0 Å². The number of allylic oxidation sites excluding steroid dienone is 3. The Labute approximate surface area is 151 Å². The summed E-state index contributed by atoms with van der Waals surface area (Å²) < 4.78 is 11.0. The Hall–Kier alpha value is -1.13. The number of hydrogen-bond acceptors (Lipinski definition) is 4. The van der Waals surface area contributed by atoms with E-state index in [1.807, 2.05) is 0 Å². The highest BCUT2D eigenvalue weighted by Crippen LogP contribution is 2.54. The van der Waals surface area contributed by atoms with Crippen molar-refractivity contribution >= 4 is 5.97 Å². The summed E-state index contributed by atoms with van der Waals surface area (Å²) in [6, 6.07) is 0. The van der Waals surface area contributed by atoms with Gasteiger partial charge in [-0.1, -0.05) is 30.6 Å². The van der Waals surface area contributed by atoms with Crippen LogP contribution in [0, 0.1) is 11.3 Å². The predicted octanol–water partition coefficient (Wildman–Crippen LogP) is 3.93. The number of rotatable bonds is 2. The third-order valence-corrected chi connectivity index (χ3v) is 7.00. The molecule has 0 radical (unpaired) electrons. The molecule has 0 aromatic carbocycles. The fourth-order valence-electron chi connectivity index (χ4n) is 5.68. The summed E-state index contributed by atoms with van der Waals surface area (Å²) in [6.45, 7) is 6.86. The quantitative estimate of drug-likeness (QED) is 0.607. The minimum absolute atomic E-state index is 0.00994. The second-order valence-electron chi connectivity index (χ2n) is 8.50. The van der Waals surface area contributed by atoms with Gasteiger partial charge in [-0.3, -0.25) is 0 Å². The first-order chi connectivity index (χ1) is 11.8. The van der Waals surface area contributed by atoms with Crippen molar-refractivity contribution < 1.29 is 19.4 Å². The third kappa shape index (κ3) is 2.78. The molecule has 0 saturated heterocycles. The predicted molar refractivity (Wildman–Crippen MR) is 97.1 cm³/mol. The first-order valence-corrected chi connectivity index (χ1v) is 9.52. The minimum atomic E-state index is -1.53. The summed E-state index contributed by atoms with van der Waals surface area (Å²) in [5, 5.41) is 11.3. The van der Waals surface area contributed by atoms with Gasteiger partial charge in [0.1, 0.15) is 0 Å². The maximum Gasteiger partial charge on any atom is 0.342 e. The molecular formula is C21H32O4. The first-order valence-electron chi connectivity index (χ1n) is 9.52. The van der Waals surface area contributed by atoms with Gasteiger partial charge >= 0.3 is 5.97 Å². The second-order valence-corrected chi connectivity index (χ2v) is 8.50. The van der Waals surface area contributed by atoms with Crippen molar-refractivity contribution in [3.63, 3.8) is 0 Å². The number of esters is 1. The maximum absolute atomic E-state index is 12.5. The van der Waals surface area contributed by atoms with E-state index in [0.717, 1.165) is 44.1 Å². The van der Waals surface area contributed by atoms with E-state index in [2.05, 4.69) is 20.8 Å². The van der Waals surface area contributed by atoms with Crippen molar-refractivity contribution in [1.82, 2.24) is 0 Å². The lowest BCUT2D eigenvalue weighted by Crippen LogP contribution is -2.52. The number of methoxy groups -OCH3 is 2. The molecule has 0 fully saturated rings. The average Bonchev–Trinajstić information content (AvgIpc) is 2.57. The van der Waals surface area contributed by atoms with Gasteiger partial charge in [0, 0.05) is 12.7 Å². The number of fused-ring (bicyclic) bond motifs is 2. The van der Waals surface area contributed by atoms with Gasteiger partial charge in [0.05, 0.1) is 13.2 Å². The minimum Gasteiger partial charge on any atom is -0.467 e. The molecule has 0 saturated carbocycles. The lowest BCUT2D eigenvalue weighted by molar-refractivity contribution is -0.162. The van der Waals surface area contributed by atoms with Crippen molar-refractivity contribution in [3.8, 4) is 0 Å². The fraction of sp³-hybridized carbons (Fsp3) is 0.762. The zero-order valence-electron chi connectivity index (χ0n) is 16.3. The van der Waals surface area contributed by atoms with Gasteiger partial charge < -0.3 is 14.6 Å². The molecule has 2 bridgehead atoms. The Balaban J connectivity index is 2.18. The molecule has 0 aromatic heterocycles. The van der Waals surface area contributed by atoms with Crippen LogP contribution in [0.1, 0.15) is 65.7 Å². The van der Waals surface area contributed by atoms with Crippen LogP contribution >= 0.6 is 0 Å². The molecule has 3 aliphatic rings. The van der Waals surface area contributed by atoms with Gasteiger partial charge in [-0.2, -0.15) is 0 Å². The SMILES string of the molecule is COC(=O)[C@]1(O)CCCC2=C1[C@H](OC)C1CCC(C)=C(CC2)C1(C)C. The van der Waals surface area contributed by atoms with E-state index in [-0.39, 0.29) is 17.4 Å². The molecule has 3 rings (SSSR count). The van der Waals surface area contributed by atoms with E-state index in [0.29, 0.717) is 6.42 Å². The Morgan fingerprint density at radius 3 is 2.52 bits per heavy atom. The average molecular weight is 348 g/mol. The highest BCUT2D eigenvalue weighted by atomic mass is 16.5. The number of carbonyl (C=O) groups is 1. The molecule has 25 heavy (non-hydrogen) atoms. The van der Waals surface area contributed by atoms with Crippen LogP contribution in [0.25, 0.3) is 0 Å². The van der Waals surface area contributed by atoms with Gasteiger partial charge in [0.15, 0.2) is 5.60 Å². The van der Waals surface area contributed by atoms with Crippen LogP contribution in [0.4, 0.5) is 0 Å². The zero-order valence-corrected chi connectivity index (χ0v) is 16.3. The summed E-state index contributed by atoms with van der Waals surface area (Å²) in [5.41, 5.74) is 3.55. The van der Waals surface area contributed by atoms with Crippen LogP contribution in [-0.2, 0) is 14.3 Å². The molecule has 4 heteroatoms. The standard InChI is InChI=1S/C21H32O4/c1-13-8-10-16-18(24-4)17-14(9-11-15(13)20(16,2)3)7-6-12-21(17,23)19(22)25-5/h16,18,23H,6-12H2,1-5H3/t16?,18-,21+/m1/s1. The number of hydrogen-bond donors (Lipinski definition) is 1. The molecule has 4 nitrogen and oxygen atoms in total. The molecule has 0 amide bonds. The van der Waals surface area contributed by atoms with Crippen LogP contribution in [0.15, 0.2) is 22.3 Å². The van der Waals surface area contributed by atoms with Gasteiger partial charge in [0.25, 0.3) is 0 Å². The molecule has 3 aliphatic carbocycles. The third-order valence-electron chi connectivity index (χ3n) is 7.00. The van der Waals surface area contributed by atoms with E-state index in [1.54, 1.807) is 12.7 Å². The van der Waals surface area contributed by atoms with Crippen LogP contribution < -0.4 is 0 Å². The summed E-state index contributed by atoms with van der Waals surface area (Å²) in [5.74, 6) is -0.279. The Morgan fingerprint density at radius 2 is 1.88 bits per heavy atom. The molecule has 0 aliphatic heterocycles. The maximum atomic E-state index is 12.5. The molecule has 0 heterocycles.